The Balaban J connectivity index is 1.24. The molecule has 3 N–H and O–H groups in total. The molecule has 2 amide bonds. The lowest BCUT2D eigenvalue weighted by molar-refractivity contribution is -0.144. The SMILES string of the molecule is O=C(Nc1cccc(C(=O)NC2(C(=O)O)CCOC2)n1)OCC1c2ccccc2-c2ccccc21. The highest BCUT2D eigenvalue weighted by Crippen LogP contribution is 2.44. The number of carbonyl (C=O) groups excluding carboxylic acids is 2. The number of aromatic nitrogens is 1. The van der Waals surface area contributed by atoms with E-state index in [-0.39, 0.29) is 43.7 Å². The van der Waals surface area contributed by atoms with Crippen molar-refractivity contribution >= 4 is 23.8 Å². The van der Waals surface area contributed by atoms with Crippen LogP contribution in [0.1, 0.15) is 34.0 Å². The molecule has 2 aliphatic rings. The maximum atomic E-state index is 12.6. The first-order chi connectivity index (χ1) is 17.0. The van der Waals surface area contributed by atoms with E-state index in [0.717, 1.165) is 22.3 Å². The number of carboxylic acid groups (broad SMARTS) is 1. The average Bonchev–Trinajstić information content (AvgIpc) is 3.47. The number of aliphatic carboxylic acids is 1. The van der Waals surface area contributed by atoms with Crippen molar-refractivity contribution in [3.8, 4) is 11.1 Å². The summed E-state index contributed by atoms with van der Waals surface area (Å²) in [6, 6.07) is 20.6. The summed E-state index contributed by atoms with van der Waals surface area (Å²) < 4.78 is 10.7. The molecule has 5 rings (SSSR count). The minimum Gasteiger partial charge on any atom is -0.479 e. The smallest absolute Gasteiger partial charge is 0.412 e. The topological polar surface area (TPSA) is 127 Å². The Morgan fingerprint density at radius 1 is 1.00 bits per heavy atom. The van der Waals surface area contributed by atoms with Gasteiger partial charge in [-0.3, -0.25) is 10.1 Å². The molecule has 1 aromatic heterocycles. The Morgan fingerprint density at radius 3 is 2.31 bits per heavy atom. The summed E-state index contributed by atoms with van der Waals surface area (Å²) in [5, 5.41) is 14.6. The summed E-state index contributed by atoms with van der Waals surface area (Å²) in [4.78, 5) is 41.0. The number of pyridine rings is 1. The standard InChI is InChI=1S/C26H23N3O6/c30-23(29-26(24(31)32)12-13-34-15-26)21-10-5-11-22(27-21)28-25(33)35-14-20-18-8-3-1-6-16(18)17-7-2-4-9-19(17)20/h1-11,20H,12-15H2,(H,29,30)(H,31,32)(H,27,28,33). The van der Waals surface area contributed by atoms with E-state index >= 15 is 0 Å². The molecular weight excluding hydrogens is 450 g/mol. The van der Waals surface area contributed by atoms with E-state index in [9.17, 15) is 19.5 Å². The number of ether oxygens (including phenoxy) is 2. The number of hydrogen-bond acceptors (Lipinski definition) is 6. The van der Waals surface area contributed by atoms with Gasteiger partial charge in [0.15, 0.2) is 5.54 Å². The zero-order valence-electron chi connectivity index (χ0n) is 18.7. The van der Waals surface area contributed by atoms with Crippen LogP contribution in [0.25, 0.3) is 11.1 Å². The molecule has 0 bridgehead atoms. The zero-order chi connectivity index (χ0) is 24.4. The number of benzene rings is 2. The largest absolute Gasteiger partial charge is 0.479 e. The van der Waals surface area contributed by atoms with Crippen LogP contribution in [0, 0.1) is 0 Å². The lowest BCUT2D eigenvalue weighted by atomic mass is 9.98. The first-order valence-corrected chi connectivity index (χ1v) is 11.2. The highest BCUT2D eigenvalue weighted by Gasteiger charge is 2.44. The second-order valence-corrected chi connectivity index (χ2v) is 8.50. The molecule has 9 heteroatoms. The van der Waals surface area contributed by atoms with E-state index in [2.05, 4.69) is 27.8 Å². The lowest BCUT2D eigenvalue weighted by Crippen LogP contribution is -2.55. The van der Waals surface area contributed by atoms with Crippen LogP contribution in [-0.2, 0) is 14.3 Å². The molecule has 0 spiro atoms. The minimum absolute atomic E-state index is 0.0334. The Hall–Kier alpha value is -4.24. The molecule has 2 aromatic carbocycles. The van der Waals surface area contributed by atoms with Crippen molar-refractivity contribution < 1.29 is 29.0 Å². The third-order valence-corrected chi connectivity index (χ3v) is 6.34. The fourth-order valence-electron chi connectivity index (χ4n) is 4.54. The molecule has 1 aliphatic carbocycles. The maximum absolute atomic E-state index is 12.6. The lowest BCUT2D eigenvalue weighted by Gasteiger charge is -2.23. The van der Waals surface area contributed by atoms with E-state index in [1.165, 1.54) is 12.1 Å². The molecule has 1 unspecified atom stereocenters. The van der Waals surface area contributed by atoms with E-state index in [4.69, 9.17) is 9.47 Å². The predicted octanol–water partition coefficient (Wildman–Crippen LogP) is 3.42. The van der Waals surface area contributed by atoms with Gasteiger partial charge in [-0.25, -0.2) is 14.6 Å². The molecule has 0 saturated carbocycles. The summed E-state index contributed by atoms with van der Waals surface area (Å²) >= 11 is 0. The zero-order valence-corrected chi connectivity index (χ0v) is 18.7. The van der Waals surface area contributed by atoms with Gasteiger partial charge in [0.1, 0.15) is 18.1 Å². The van der Waals surface area contributed by atoms with Gasteiger partial charge in [-0.15, -0.1) is 0 Å². The van der Waals surface area contributed by atoms with Crippen molar-refractivity contribution in [2.45, 2.75) is 17.9 Å². The Labute approximate surface area is 201 Å². The third kappa shape index (κ3) is 4.33. The van der Waals surface area contributed by atoms with E-state index in [0.29, 0.717) is 0 Å². The van der Waals surface area contributed by atoms with Crippen molar-refractivity contribution in [3.05, 3.63) is 83.6 Å². The number of anilines is 1. The van der Waals surface area contributed by atoms with Gasteiger partial charge in [0.2, 0.25) is 0 Å². The number of nitrogens with zero attached hydrogens (tertiary/aromatic N) is 1. The summed E-state index contributed by atoms with van der Waals surface area (Å²) in [6.07, 6.45) is -0.547. The Kier molecular flexibility index (Phi) is 5.92. The molecule has 9 nitrogen and oxygen atoms in total. The maximum Gasteiger partial charge on any atom is 0.412 e. The second-order valence-electron chi connectivity index (χ2n) is 8.50. The highest BCUT2D eigenvalue weighted by molar-refractivity contribution is 5.97. The minimum atomic E-state index is -1.49. The molecule has 1 aliphatic heterocycles. The van der Waals surface area contributed by atoms with Crippen molar-refractivity contribution in [1.82, 2.24) is 10.3 Å². The molecule has 0 radical (unpaired) electrons. The van der Waals surface area contributed by atoms with E-state index < -0.39 is 23.5 Å². The van der Waals surface area contributed by atoms with Crippen LogP contribution in [0.5, 0.6) is 0 Å². The monoisotopic (exact) mass is 473 g/mol. The van der Waals surface area contributed by atoms with Gasteiger partial charge >= 0.3 is 12.1 Å². The van der Waals surface area contributed by atoms with Crippen LogP contribution < -0.4 is 10.6 Å². The Morgan fingerprint density at radius 2 is 1.69 bits per heavy atom. The van der Waals surface area contributed by atoms with Crippen molar-refractivity contribution in [2.75, 3.05) is 25.1 Å². The number of hydrogen-bond donors (Lipinski definition) is 3. The third-order valence-electron chi connectivity index (χ3n) is 6.34. The molecule has 3 aromatic rings. The van der Waals surface area contributed by atoms with Gasteiger partial charge in [-0.2, -0.15) is 0 Å². The van der Waals surface area contributed by atoms with Crippen LogP contribution in [0.3, 0.4) is 0 Å². The van der Waals surface area contributed by atoms with Gasteiger partial charge in [-0.05, 0) is 34.4 Å². The van der Waals surface area contributed by atoms with Gasteiger partial charge in [0, 0.05) is 18.9 Å². The van der Waals surface area contributed by atoms with Crippen LogP contribution in [-0.4, -0.2) is 53.4 Å². The van der Waals surface area contributed by atoms with Crippen LogP contribution in [0.2, 0.25) is 0 Å². The summed E-state index contributed by atoms with van der Waals surface area (Å²) in [5.41, 5.74) is 2.93. The average molecular weight is 473 g/mol. The van der Waals surface area contributed by atoms with Gasteiger partial charge in [0.05, 0.1) is 6.61 Å². The van der Waals surface area contributed by atoms with E-state index in [1.54, 1.807) is 6.07 Å². The van der Waals surface area contributed by atoms with Crippen molar-refractivity contribution in [3.63, 3.8) is 0 Å². The fraction of sp³-hybridized carbons (Fsp3) is 0.231. The highest BCUT2D eigenvalue weighted by atomic mass is 16.5. The molecule has 1 atom stereocenters. The fourth-order valence-corrected chi connectivity index (χ4v) is 4.54. The number of rotatable bonds is 6. The number of amides is 2. The number of nitrogens with one attached hydrogen (secondary N) is 2. The normalized spacial score (nSPS) is 18.4. The summed E-state index contributed by atoms with van der Waals surface area (Å²) in [5.74, 6) is -1.81. The first kappa shape index (κ1) is 22.5. The number of carboxylic acids is 1. The van der Waals surface area contributed by atoms with Gasteiger partial charge < -0.3 is 19.9 Å². The van der Waals surface area contributed by atoms with E-state index in [1.807, 2.05) is 36.4 Å². The van der Waals surface area contributed by atoms with Gasteiger partial charge in [0.25, 0.3) is 5.91 Å². The molecule has 35 heavy (non-hydrogen) atoms. The van der Waals surface area contributed by atoms with Crippen molar-refractivity contribution in [1.29, 1.82) is 0 Å². The van der Waals surface area contributed by atoms with Crippen LogP contribution in [0.4, 0.5) is 10.6 Å². The van der Waals surface area contributed by atoms with Crippen molar-refractivity contribution in [2.24, 2.45) is 0 Å². The summed E-state index contributed by atoms with van der Waals surface area (Å²) in [6.45, 7) is 0.260. The number of carbonyl (C=O) groups is 3. The molecule has 2 heterocycles. The number of fused-ring (bicyclic) bond motifs is 3. The molecule has 1 saturated heterocycles. The summed E-state index contributed by atoms with van der Waals surface area (Å²) in [7, 11) is 0. The quantitative estimate of drug-likeness (QED) is 0.501. The molecular formula is C26H23N3O6. The Bertz CT molecular complexity index is 1260. The first-order valence-electron chi connectivity index (χ1n) is 11.2. The predicted molar refractivity (Wildman–Crippen MR) is 126 cm³/mol. The van der Waals surface area contributed by atoms with Crippen LogP contribution in [0.15, 0.2) is 66.7 Å². The molecule has 178 valence electrons. The molecule has 1 fully saturated rings. The second kappa shape index (κ2) is 9.19. The van der Waals surface area contributed by atoms with Crippen LogP contribution >= 0.6 is 0 Å². The van der Waals surface area contributed by atoms with Gasteiger partial charge in [-0.1, -0.05) is 54.6 Å².